The van der Waals surface area contributed by atoms with Gasteiger partial charge in [0, 0.05) is 18.5 Å². The molecule has 0 aliphatic rings. The van der Waals surface area contributed by atoms with Crippen LogP contribution in [0.15, 0.2) is 0 Å². The SMILES string of the molecule is CCCCCCCCCCCC(=O)[O-].CCCCCCCCCCCC(=O)[O-].CCC[CH2][Sn+2][CH2]CCC.CCO. The molecule has 0 unspecified atom stereocenters. The van der Waals surface area contributed by atoms with Crippen LogP contribution in [0.25, 0.3) is 0 Å². The van der Waals surface area contributed by atoms with E-state index in [9.17, 15) is 19.8 Å². The van der Waals surface area contributed by atoms with E-state index in [1.807, 2.05) is 0 Å². The van der Waals surface area contributed by atoms with Crippen LogP contribution in [0.3, 0.4) is 0 Å². The summed E-state index contributed by atoms with van der Waals surface area (Å²) in [6, 6.07) is 0. The molecule has 0 aromatic rings. The van der Waals surface area contributed by atoms with E-state index in [0.29, 0.717) is 0 Å². The van der Waals surface area contributed by atoms with Crippen molar-refractivity contribution in [3.8, 4) is 0 Å². The Morgan fingerprint density at radius 2 is 0.675 bits per heavy atom. The molecular formula is C34H70O5Sn. The number of carbonyl (C=O) groups is 2. The fourth-order valence-electron chi connectivity index (χ4n) is 3.89. The third-order valence-electron chi connectivity index (χ3n) is 6.38. The Morgan fingerprint density at radius 3 is 0.900 bits per heavy atom. The van der Waals surface area contributed by atoms with E-state index < -0.39 is 11.9 Å². The van der Waals surface area contributed by atoms with Gasteiger partial charge in [-0.3, -0.25) is 0 Å². The van der Waals surface area contributed by atoms with E-state index in [1.54, 1.807) is 15.8 Å². The molecule has 5 nitrogen and oxygen atoms in total. The van der Waals surface area contributed by atoms with Crippen LogP contribution in [0, 0.1) is 0 Å². The minimum Gasteiger partial charge on any atom is -0.397 e. The topological polar surface area (TPSA) is 100 Å². The predicted octanol–water partition coefficient (Wildman–Crippen LogP) is 8.44. The van der Waals surface area contributed by atoms with Crippen LogP contribution in [0.5, 0.6) is 0 Å². The summed E-state index contributed by atoms with van der Waals surface area (Å²) in [4.78, 5) is 20.2. The third kappa shape index (κ3) is 66.2. The molecule has 0 fully saturated rings. The average molecular weight is 678 g/mol. The molecule has 0 aromatic heterocycles. The van der Waals surface area contributed by atoms with E-state index in [2.05, 4.69) is 27.7 Å². The number of unbranched alkanes of at least 4 members (excludes halogenated alkanes) is 18. The van der Waals surface area contributed by atoms with Crippen LogP contribution in [0.4, 0.5) is 0 Å². The standard InChI is InChI=1S/2C12H24O2.2C4H9.C2H6O.Sn/c2*1-2-3-4-5-6-7-8-9-10-11-12(13)14;2*1-3-4-2;1-2-3;/h2*2-11H2,1H3,(H,13,14);2*1,3-4H2,2H3;3H,2H2,1H3;/q;;;;;+2/p-2. The number of carboxylic acids is 2. The fraction of sp³-hybridized carbons (Fsp3) is 0.941. The van der Waals surface area contributed by atoms with Gasteiger partial charge in [0.25, 0.3) is 0 Å². The second kappa shape index (κ2) is 48.4. The van der Waals surface area contributed by atoms with Crippen molar-refractivity contribution in [3.63, 3.8) is 0 Å². The zero-order valence-corrected chi connectivity index (χ0v) is 30.5. The molecule has 0 aliphatic carbocycles. The third-order valence-corrected chi connectivity index (χ3v) is 10.4. The first-order chi connectivity index (χ1) is 19.4. The number of aliphatic carboxylic acids is 2. The number of aliphatic hydroxyl groups is 1. The Kier molecular flexibility index (Phi) is 56.5. The fourth-order valence-corrected chi connectivity index (χ4v) is 8.05. The summed E-state index contributed by atoms with van der Waals surface area (Å²) in [6.07, 6.45) is 28.2. The molecule has 0 saturated heterocycles. The number of rotatable bonds is 26. The Hall–Kier alpha value is -0.301. The van der Waals surface area contributed by atoms with Gasteiger partial charge in [-0.25, -0.2) is 0 Å². The van der Waals surface area contributed by atoms with Crippen molar-refractivity contribution in [2.75, 3.05) is 6.61 Å². The molecule has 6 heteroatoms. The van der Waals surface area contributed by atoms with Gasteiger partial charge in [0.1, 0.15) is 0 Å². The molecule has 40 heavy (non-hydrogen) atoms. The number of aliphatic hydroxyl groups excluding tert-OH is 1. The summed E-state index contributed by atoms with van der Waals surface area (Å²) < 4.78 is 3.25. The number of hydrogen-bond acceptors (Lipinski definition) is 5. The molecule has 0 heterocycles. The maximum atomic E-state index is 10.1. The normalized spacial score (nSPS) is 9.75. The monoisotopic (exact) mass is 678 g/mol. The van der Waals surface area contributed by atoms with Crippen LogP contribution in [-0.4, -0.2) is 44.8 Å². The molecule has 0 rings (SSSR count). The second-order valence-electron chi connectivity index (χ2n) is 10.7. The first-order valence-electron chi connectivity index (χ1n) is 17.1. The molecule has 0 radical (unpaired) electrons. The molecule has 0 amide bonds. The van der Waals surface area contributed by atoms with Crippen molar-refractivity contribution in [1.82, 2.24) is 0 Å². The minimum atomic E-state index is -0.909. The summed E-state index contributed by atoms with van der Waals surface area (Å²) in [5.74, 6) is -1.82. The molecule has 0 aromatic carbocycles. The van der Waals surface area contributed by atoms with Gasteiger partial charge in [-0.1, -0.05) is 117 Å². The Balaban J connectivity index is -0.000000236. The molecule has 0 aliphatic heterocycles. The molecule has 0 atom stereocenters. The molecular weight excluding hydrogens is 607 g/mol. The van der Waals surface area contributed by atoms with Crippen LogP contribution >= 0.6 is 0 Å². The largest absolute Gasteiger partial charge is 0.397 e. The molecule has 1 N–H and O–H groups in total. The number of carboxylic acid groups (broad SMARTS) is 2. The minimum absolute atomic E-state index is 0.149. The molecule has 0 spiro atoms. The number of carbonyl (C=O) groups excluding carboxylic acids is 2. The molecule has 0 bridgehead atoms. The van der Waals surface area contributed by atoms with Crippen molar-refractivity contribution < 1.29 is 24.9 Å². The van der Waals surface area contributed by atoms with Crippen molar-refractivity contribution in [2.24, 2.45) is 0 Å². The van der Waals surface area contributed by atoms with E-state index >= 15 is 0 Å². The van der Waals surface area contributed by atoms with E-state index in [1.165, 1.54) is 116 Å². The summed E-state index contributed by atoms with van der Waals surface area (Å²) in [7, 11) is 0. The quantitative estimate of drug-likeness (QED) is 0.0732. The average Bonchev–Trinajstić information content (AvgIpc) is 2.92. The van der Waals surface area contributed by atoms with Crippen molar-refractivity contribution in [1.29, 1.82) is 0 Å². The van der Waals surface area contributed by atoms with Gasteiger partial charge in [-0.05, 0) is 32.6 Å². The Morgan fingerprint density at radius 1 is 0.450 bits per heavy atom. The van der Waals surface area contributed by atoms with Gasteiger partial charge in [0.2, 0.25) is 0 Å². The summed E-state index contributed by atoms with van der Waals surface area (Å²) in [6.45, 7) is 11.0. The van der Waals surface area contributed by atoms with E-state index in [0.717, 1.165) is 25.7 Å². The van der Waals surface area contributed by atoms with Gasteiger partial charge in [-0.2, -0.15) is 0 Å². The summed E-state index contributed by atoms with van der Waals surface area (Å²) in [5.41, 5.74) is 0. The Labute approximate surface area is 261 Å². The summed E-state index contributed by atoms with van der Waals surface area (Å²) in [5, 5.41) is 27.8. The van der Waals surface area contributed by atoms with Gasteiger partial charge >= 0.3 is 69.5 Å². The second-order valence-corrected chi connectivity index (χ2v) is 15.0. The first-order valence-corrected chi connectivity index (χ1v) is 21.1. The van der Waals surface area contributed by atoms with Crippen molar-refractivity contribution >= 4 is 33.1 Å². The maximum Gasteiger partial charge on any atom is 0.0402 e. The van der Waals surface area contributed by atoms with E-state index in [4.69, 9.17) is 5.11 Å². The van der Waals surface area contributed by atoms with Crippen molar-refractivity contribution in [2.45, 2.75) is 198 Å². The smallest absolute Gasteiger partial charge is 0.0402 e. The van der Waals surface area contributed by atoms with Gasteiger partial charge in [0.15, 0.2) is 0 Å². The van der Waals surface area contributed by atoms with Crippen molar-refractivity contribution in [3.05, 3.63) is 0 Å². The van der Waals surface area contributed by atoms with Gasteiger partial charge in [-0.15, -0.1) is 0 Å². The summed E-state index contributed by atoms with van der Waals surface area (Å²) >= 11 is 0.149. The van der Waals surface area contributed by atoms with Crippen LogP contribution in [0.2, 0.25) is 8.87 Å². The zero-order valence-electron chi connectivity index (χ0n) is 27.7. The maximum absolute atomic E-state index is 10.1. The van der Waals surface area contributed by atoms with Crippen LogP contribution in [0.1, 0.15) is 189 Å². The zero-order chi connectivity index (χ0) is 31.0. The number of hydrogen-bond donors (Lipinski definition) is 1. The first kappa shape index (κ1) is 46.7. The van der Waals surface area contributed by atoms with E-state index in [-0.39, 0.29) is 40.6 Å². The predicted molar refractivity (Wildman–Crippen MR) is 172 cm³/mol. The van der Waals surface area contributed by atoms with Gasteiger partial charge in [0.05, 0.1) is 0 Å². The molecule has 0 saturated carbocycles. The van der Waals surface area contributed by atoms with Crippen LogP contribution < -0.4 is 10.2 Å². The Bertz CT molecular complexity index is 408. The van der Waals surface area contributed by atoms with Gasteiger partial charge < -0.3 is 24.9 Å². The molecule has 240 valence electrons. The van der Waals surface area contributed by atoms with Crippen LogP contribution in [-0.2, 0) is 9.59 Å².